The van der Waals surface area contributed by atoms with Crippen molar-refractivity contribution in [3.05, 3.63) is 66.5 Å². The van der Waals surface area contributed by atoms with E-state index in [0.29, 0.717) is 17.9 Å². The maximum atomic E-state index is 12.6. The summed E-state index contributed by atoms with van der Waals surface area (Å²) in [5, 5.41) is 11.9. The molecule has 30 heavy (non-hydrogen) atoms. The van der Waals surface area contributed by atoms with Gasteiger partial charge in [-0.05, 0) is 24.1 Å². The van der Waals surface area contributed by atoms with Crippen LogP contribution in [-0.2, 0) is 16.0 Å². The fourth-order valence-corrected chi connectivity index (χ4v) is 3.30. The summed E-state index contributed by atoms with van der Waals surface area (Å²) in [6.45, 7) is 0.270. The summed E-state index contributed by atoms with van der Waals surface area (Å²) in [7, 11) is 0. The Morgan fingerprint density at radius 2 is 1.93 bits per heavy atom. The van der Waals surface area contributed by atoms with Gasteiger partial charge in [0.05, 0.1) is 6.42 Å². The number of benzene rings is 2. The number of nitrogens with one attached hydrogen (secondary N) is 3. The summed E-state index contributed by atoms with van der Waals surface area (Å²) in [5.74, 6) is -0.173. The van der Waals surface area contributed by atoms with Crippen molar-refractivity contribution in [2.45, 2.75) is 18.9 Å². The summed E-state index contributed by atoms with van der Waals surface area (Å²) < 4.78 is 0. The van der Waals surface area contributed by atoms with Gasteiger partial charge < -0.3 is 10.6 Å². The summed E-state index contributed by atoms with van der Waals surface area (Å²) >= 11 is 0. The number of carbonyl (C=O) groups excluding carboxylic acids is 3. The molecule has 152 valence electrons. The molecule has 0 saturated carbocycles. The Kier molecular flexibility index (Phi) is 5.51. The Morgan fingerprint density at radius 1 is 1.10 bits per heavy atom. The molecule has 1 aromatic heterocycles. The number of H-pyrrole nitrogens is 1. The second-order valence-electron chi connectivity index (χ2n) is 6.89. The van der Waals surface area contributed by atoms with Gasteiger partial charge in [-0.3, -0.25) is 19.6 Å². The maximum absolute atomic E-state index is 12.6. The Hall–Kier alpha value is -4.01. The van der Waals surface area contributed by atoms with Crippen LogP contribution in [0.4, 0.5) is 10.5 Å². The van der Waals surface area contributed by atoms with Crippen molar-refractivity contribution < 1.29 is 14.4 Å². The van der Waals surface area contributed by atoms with E-state index in [0.717, 1.165) is 16.0 Å². The van der Waals surface area contributed by atoms with Gasteiger partial charge in [-0.15, -0.1) is 0 Å². The van der Waals surface area contributed by atoms with Crippen molar-refractivity contribution in [2.75, 3.05) is 11.9 Å². The number of urea groups is 1. The molecular weight excluding hydrogens is 384 g/mol. The Morgan fingerprint density at radius 3 is 2.70 bits per heavy atom. The zero-order chi connectivity index (χ0) is 20.9. The summed E-state index contributed by atoms with van der Waals surface area (Å²) in [5.41, 5.74) is 2.36. The number of aromatic amines is 1. The molecule has 1 unspecified atom stereocenters. The van der Waals surface area contributed by atoms with Gasteiger partial charge in [-0.2, -0.15) is 5.10 Å². The first-order chi connectivity index (χ1) is 14.6. The van der Waals surface area contributed by atoms with Gasteiger partial charge in [0.15, 0.2) is 5.82 Å². The minimum Gasteiger partial charge on any atom is -0.326 e. The minimum atomic E-state index is -0.870. The van der Waals surface area contributed by atoms with Gasteiger partial charge in [0.25, 0.3) is 5.91 Å². The number of carbonyl (C=O) groups is 3. The van der Waals surface area contributed by atoms with Crippen LogP contribution in [0.3, 0.4) is 0 Å². The standard InChI is InChI=1S/C21H20N6O3/c28-18(24-16-8-4-7-15(11-16)19-22-13-23-26-19)12-17-20(29)27(21(30)25-17)10-9-14-5-2-1-3-6-14/h1-8,11,13,17H,9-10,12H2,(H,24,28)(H,25,30)(H,22,23,26). The van der Waals surface area contributed by atoms with E-state index in [1.165, 1.54) is 6.33 Å². The van der Waals surface area contributed by atoms with Gasteiger partial charge in [0.2, 0.25) is 5.91 Å². The van der Waals surface area contributed by atoms with E-state index < -0.39 is 12.1 Å². The lowest BCUT2D eigenvalue weighted by Crippen LogP contribution is -2.34. The average Bonchev–Trinajstić information content (AvgIpc) is 3.37. The number of rotatable bonds is 7. The van der Waals surface area contributed by atoms with E-state index in [1.54, 1.807) is 18.2 Å². The van der Waals surface area contributed by atoms with Gasteiger partial charge in [-0.25, -0.2) is 9.78 Å². The molecule has 1 aliphatic rings. The first kappa shape index (κ1) is 19.3. The van der Waals surface area contributed by atoms with E-state index in [9.17, 15) is 14.4 Å². The van der Waals surface area contributed by atoms with Gasteiger partial charge >= 0.3 is 6.03 Å². The third kappa shape index (κ3) is 4.35. The van der Waals surface area contributed by atoms with E-state index in [4.69, 9.17) is 0 Å². The molecule has 9 heteroatoms. The SMILES string of the molecule is O=C(CC1NC(=O)N(CCc2ccccc2)C1=O)Nc1cccc(-c2ncn[nH]2)c1. The van der Waals surface area contributed by atoms with Gasteiger partial charge in [0.1, 0.15) is 12.4 Å². The number of hydrogen-bond acceptors (Lipinski definition) is 5. The maximum Gasteiger partial charge on any atom is 0.324 e. The quantitative estimate of drug-likeness (QED) is 0.520. The molecule has 3 N–H and O–H groups in total. The number of anilines is 1. The molecule has 4 amide bonds. The highest BCUT2D eigenvalue weighted by atomic mass is 16.2. The number of nitrogens with zero attached hydrogens (tertiary/aromatic N) is 3. The van der Waals surface area contributed by atoms with Crippen molar-refractivity contribution >= 4 is 23.5 Å². The van der Waals surface area contributed by atoms with Crippen LogP contribution in [0.15, 0.2) is 60.9 Å². The molecule has 1 aliphatic heterocycles. The van der Waals surface area contributed by atoms with Crippen LogP contribution in [0.2, 0.25) is 0 Å². The van der Waals surface area contributed by atoms with Crippen LogP contribution >= 0.6 is 0 Å². The zero-order valence-electron chi connectivity index (χ0n) is 16.0. The lowest BCUT2D eigenvalue weighted by molar-refractivity contribution is -0.129. The summed E-state index contributed by atoms with van der Waals surface area (Å²) in [6, 6.07) is 15.4. The average molecular weight is 404 g/mol. The predicted octanol–water partition coefficient (Wildman–Crippen LogP) is 1.96. The Balaban J connectivity index is 1.34. The molecule has 1 saturated heterocycles. The molecule has 0 spiro atoms. The van der Waals surface area contributed by atoms with Crippen molar-refractivity contribution in [2.24, 2.45) is 0 Å². The monoisotopic (exact) mass is 404 g/mol. The van der Waals surface area contributed by atoms with E-state index >= 15 is 0 Å². The normalized spacial score (nSPS) is 15.9. The number of hydrogen-bond donors (Lipinski definition) is 3. The molecule has 9 nitrogen and oxygen atoms in total. The third-order valence-electron chi connectivity index (χ3n) is 4.80. The van der Waals surface area contributed by atoms with Crippen molar-refractivity contribution in [1.29, 1.82) is 0 Å². The van der Waals surface area contributed by atoms with Crippen LogP contribution in [0.1, 0.15) is 12.0 Å². The summed E-state index contributed by atoms with van der Waals surface area (Å²) in [4.78, 5) is 42.4. The first-order valence-electron chi connectivity index (χ1n) is 9.51. The molecule has 1 atom stereocenters. The molecule has 4 rings (SSSR count). The molecule has 0 radical (unpaired) electrons. The minimum absolute atomic E-state index is 0.140. The van der Waals surface area contributed by atoms with Crippen molar-refractivity contribution in [3.63, 3.8) is 0 Å². The largest absolute Gasteiger partial charge is 0.326 e. The molecule has 2 heterocycles. The predicted molar refractivity (Wildman–Crippen MR) is 109 cm³/mol. The van der Waals surface area contributed by atoms with Crippen LogP contribution in [0.25, 0.3) is 11.4 Å². The van der Waals surface area contributed by atoms with Crippen LogP contribution in [0.5, 0.6) is 0 Å². The van der Waals surface area contributed by atoms with Crippen LogP contribution in [0, 0.1) is 0 Å². The van der Waals surface area contributed by atoms with E-state index in [-0.39, 0.29) is 24.8 Å². The van der Waals surface area contributed by atoms with E-state index in [2.05, 4.69) is 25.8 Å². The van der Waals surface area contributed by atoms with Gasteiger partial charge in [-0.1, -0.05) is 42.5 Å². The van der Waals surface area contributed by atoms with Crippen LogP contribution < -0.4 is 10.6 Å². The number of aromatic nitrogens is 3. The summed E-state index contributed by atoms with van der Waals surface area (Å²) in [6.07, 6.45) is 1.82. The molecule has 1 fully saturated rings. The van der Waals surface area contributed by atoms with Crippen LogP contribution in [-0.4, -0.2) is 50.5 Å². The number of amides is 4. The second kappa shape index (κ2) is 8.56. The number of imide groups is 1. The fourth-order valence-electron chi connectivity index (χ4n) is 3.30. The molecule has 0 bridgehead atoms. The highest BCUT2D eigenvalue weighted by molar-refractivity contribution is 6.07. The third-order valence-corrected chi connectivity index (χ3v) is 4.80. The topological polar surface area (TPSA) is 120 Å². The van der Waals surface area contributed by atoms with Crippen molar-refractivity contribution in [3.8, 4) is 11.4 Å². The molecule has 3 aromatic rings. The molecule has 0 aliphatic carbocycles. The second-order valence-corrected chi connectivity index (χ2v) is 6.89. The molecular formula is C21H20N6O3. The lowest BCUT2D eigenvalue weighted by Gasteiger charge is -2.13. The van der Waals surface area contributed by atoms with Crippen molar-refractivity contribution in [1.82, 2.24) is 25.4 Å². The molecule has 2 aromatic carbocycles. The Labute approximate surface area is 172 Å². The van der Waals surface area contributed by atoms with Gasteiger partial charge in [0, 0.05) is 17.8 Å². The highest BCUT2D eigenvalue weighted by Gasteiger charge is 2.38. The Bertz CT molecular complexity index is 1050. The first-order valence-corrected chi connectivity index (χ1v) is 9.51. The zero-order valence-corrected chi connectivity index (χ0v) is 16.0. The van der Waals surface area contributed by atoms with E-state index in [1.807, 2.05) is 36.4 Å². The smallest absolute Gasteiger partial charge is 0.324 e. The lowest BCUT2D eigenvalue weighted by atomic mass is 10.1. The fraction of sp³-hybridized carbons (Fsp3) is 0.190. The highest BCUT2D eigenvalue weighted by Crippen LogP contribution is 2.19.